The van der Waals surface area contributed by atoms with Gasteiger partial charge in [-0.2, -0.15) is 0 Å². The molecule has 1 aromatic carbocycles. The topological polar surface area (TPSA) is 50.4 Å². The molecule has 1 amide bonds. The van der Waals surface area contributed by atoms with Crippen LogP contribution in [0.5, 0.6) is 5.75 Å². The number of amides is 1. The van der Waals surface area contributed by atoms with Crippen LogP contribution in [-0.2, 0) is 11.3 Å². The van der Waals surface area contributed by atoms with Crippen molar-refractivity contribution >= 4 is 37.8 Å². The molecule has 0 bridgehead atoms. The highest BCUT2D eigenvalue weighted by Gasteiger charge is 2.23. The van der Waals surface area contributed by atoms with Gasteiger partial charge >= 0.3 is 0 Å². The summed E-state index contributed by atoms with van der Waals surface area (Å²) in [5.41, 5.74) is 1.14. The minimum Gasteiger partial charge on any atom is -0.481 e. The van der Waals surface area contributed by atoms with Crippen LogP contribution in [0.4, 0.5) is 0 Å². The normalized spacial score (nSPS) is 14.3. The molecule has 0 saturated heterocycles. The third-order valence-corrected chi connectivity index (χ3v) is 3.91. The Morgan fingerprint density at radius 2 is 2.00 bits per heavy atom. The molecule has 2 rings (SSSR count). The third kappa shape index (κ3) is 4.47. The molecule has 0 atom stereocenters. The van der Waals surface area contributed by atoms with E-state index in [1.807, 2.05) is 19.2 Å². The fourth-order valence-corrected chi connectivity index (χ4v) is 3.20. The summed E-state index contributed by atoms with van der Waals surface area (Å²) in [4.78, 5) is 11.6. The fourth-order valence-electron chi connectivity index (χ4n) is 1.69. The molecule has 0 radical (unpaired) electrons. The van der Waals surface area contributed by atoms with Crippen molar-refractivity contribution in [3.8, 4) is 5.75 Å². The maximum atomic E-state index is 11.6. The minimum atomic E-state index is -0.0689. The highest BCUT2D eigenvalue weighted by molar-refractivity contribution is 9.11. The Balaban J connectivity index is 1.96. The minimum absolute atomic E-state index is 0.0407. The van der Waals surface area contributed by atoms with Gasteiger partial charge in [0.15, 0.2) is 6.61 Å². The fraction of sp³-hybridized carbons (Fsp3) is 0.462. The molecule has 6 heteroatoms. The summed E-state index contributed by atoms with van der Waals surface area (Å²) in [6.45, 7) is 0.818. The Bertz CT molecular complexity index is 453. The van der Waals surface area contributed by atoms with E-state index in [9.17, 15) is 4.79 Å². The molecular weight excluding hydrogens is 376 g/mol. The Hall–Kier alpha value is -0.590. The molecular formula is C13H16Br2N2O2. The van der Waals surface area contributed by atoms with Crippen molar-refractivity contribution in [2.75, 3.05) is 13.7 Å². The van der Waals surface area contributed by atoms with E-state index in [1.165, 1.54) is 0 Å². The van der Waals surface area contributed by atoms with E-state index >= 15 is 0 Å². The molecule has 104 valence electrons. The van der Waals surface area contributed by atoms with Gasteiger partial charge in [0, 0.05) is 12.6 Å². The smallest absolute Gasteiger partial charge is 0.258 e. The summed E-state index contributed by atoms with van der Waals surface area (Å²) in [5, 5.41) is 5.98. The number of halogens is 2. The molecule has 1 aliphatic carbocycles. The van der Waals surface area contributed by atoms with Crippen LogP contribution in [0.25, 0.3) is 0 Å². The van der Waals surface area contributed by atoms with Gasteiger partial charge in [-0.05, 0) is 69.4 Å². The molecule has 4 nitrogen and oxygen atoms in total. The van der Waals surface area contributed by atoms with Crippen LogP contribution >= 0.6 is 31.9 Å². The maximum absolute atomic E-state index is 11.6. The maximum Gasteiger partial charge on any atom is 0.258 e. The Morgan fingerprint density at radius 3 is 2.53 bits per heavy atom. The first-order chi connectivity index (χ1) is 9.10. The van der Waals surface area contributed by atoms with Crippen LogP contribution in [0.15, 0.2) is 21.1 Å². The van der Waals surface area contributed by atoms with Crippen molar-refractivity contribution < 1.29 is 9.53 Å². The molecule has 0 spiro atoms. The average molecular weight is 392 g/mol. The lowest BCUT2D eigenvalue weighted by Gasteiger charge is -2.12. The standard InChI is InChI=1S/C13H16Br2N2O2/c1-16-6-8-4-10(14)13(11(15)5-8)19-7-12(18)17-9-2-3-9/h4-5,9,16H,2-3,6-7H2,1H3,(H,17,18). The second-order valence-electron chi connectivity index (χ2n) is 4.55. The summed E-state index contributed by atoms with van der Waals surface area (Å²) in [5.74, 6) is 0.589. The summed E-state index contributed by atoms with van der Waals surface area (Å²) >= 11 is 6.93. The lowest BCUT2D eigenvalue weighted by molar-refractivity contribution is -0.123. The summed E-state index contributed by atoms with van der Waals surface area (Å²) in [7, 11) is 1.90. The average Bonchev–Trinajstić information content (AvgIpc) is 3.12. The summed E-state index contributed by atoms with van der Waals surface area (Å²) in [6, 6.07) is 4.33. The predicted molar refractivity (Wildman–Crippen MR) is 81.3 cm³/mol. The molecule has 1 aromatic rings. The van der Waals surface area contributed by atoms with Crippen LogP contribution in [0, 0.1) is 0 Å². The zero-order valence-electron chi connectivity index (χ0n) is 10.6. The quantitative estimate of drug-likeness (QED) is 0.783. The lowest BCUT2D eigenvalue weighted by atomic mass is 10.2. The predicted octanol–water partition coefficient (Wildman–Crippen LogP) is 2.59. The van der Waals surface area contributed by atoms with Gasteiger partial charge < -0.3 is 15.4 Å². The first-order valence-electron chi connectivity index (χ1n) is 6.15. The van der Waals surface area contributed by atoms with Gasteiger partial charge in [-0.25, -0.2) is 0 Å². The van der Waals surface area contributed by atoms with Gasteiger partial charge in [0.2, 0.25) is 0 Å². The number of ether oxygens (including phenoxy) is 1. The highest BCUT2D eigenvalue weighted by Crippen LogP contribution is 2.34. The number of carbonyl (C=O) groups is 1. The molecule has 19 heavy (non-hydrogen) atoms. The number of rotatable bonds is 6. The molecule has 0 heterocycles. The zero-order chi connectivity index (χ0) is 13.8. The second-order valence-corrected chi connectivity index (χ2v) is 6.26. The van der Waals surface area contributed by atoms with Crippen LogP contribution in [0.3, 0.4) is 0 Å². The highest BCUT2D eigenvalue weighted by atomic mass is 79.9. The molecule has 1 aliphatic rings. The SMILES string of the molecule is CNCc1cc(Br)c(OCC(=O)NC2CC2)c(Br)c1. The van der Waals surface area contributed by atoms with E-state index in [2.05, 4.69) is 42.5 Å². The van der Waals surface area contributed by atoms with Crippen molar-refractivity contribution in [2.24, 2.45) is 0 Å². The van der Waals surface area contributed by atoms with E-state index < -0.39 is 0 Å². The monoisotopic (exact) mass is 390 g/mol. The van der Waals surface area contributed by atoms with Crippen LogP contribution in [0.1, 0.15) is 18.4 Å². The van der Waals surface area contributed by atoms with Gasteiger partial charge in [-0.15, -0.1) is 0 Å². The molecule has 0 aliphatic heterocycles. The lowest BCUT2D eigenvalue weighted by Crippen LogP contribution is -2.30. The summed E-state index contributed by atoms with van der Waals surface area (Å²) < 4.78 is 7.24. The van der Waals surface area contributed by atoms with Gasteiger partial charge in [-0.3, -0.25) is 4.79 Å². The second kappa shape index (κ2) is 6.72. The van der Waals surface area contributed by atoms with Gasteiger partial charge in [0.25, 0.3) is 5.91 Å². The number of nitrogens with one attached hydrogen (secondary N) is 2. The van der Waals surface area contributed by atoms with E-state index in [0.29, 0.717) is 11.8 Å². The van der Waals surface area contributed by atoms with Crippen LogP contribution < -0.4 is 15.4 Å². The van der Waals surface area contributed by atoms with Crippen LogP contribution in [-0.4, -0.2) is 25.6 Å². The number of benzene rings is 1. The Morgan fingerprint density at radius 1 is 1.37 bits per heavy atom. The van der Waals surface area contributed by atoms with Gasteiger partial charge in [-0.1, -0.05) is 0 Å². The van der Waals surface area contributed by atoms with Crippen molar-refractivity contribution in [3.05, 3.63) is 26.6 Å². The molecule has 2 N–H and O–H groups in total. The molecule has 0 aromatic heterocycles. The van der Waals surface area contributed by atoms with Crippen molar-refractivity contribution in [1.29, 1.82) is 0 Å². The van der Waals surface area contributed by atoms with E-state index in [1.54, 1.807) is 0 Å². The van der Waals surface area contributed by atoms with E-state index in [4.69, 9.17) is 4.74 Å². The van der Waals surface area contributed by atoms with Crippen molar-refractivity contribution in [3.63, 3.8) is 0 Å². The summed E-state index contributed by atoms with van der Waals surface area (Å²) in [6.07, 6.45) is 2.16. The first-order valence-corrected chi connectivity index (χ1v) is 7.73. The number of carbonyl (C=O) groups excluding carboxylic acids is 1. The third-order valence-electron chi connectivity index (χ3n) is 2.73. The van der Waals surface area contributed by atoms with Gasteiger partial charge in [0.1, 0.15) is 5.75 Å². The van der Waals surface area contributed by atoms with E-state index in [-0.39, 0.29) is 12.5 Å². The van der Waals surface area contributed by atoms with Crippen molar-refractivity contribution in [1.82, 2.24) is 10.6 Å². The largest absolute Gasteiger partial charge is 0.481 e. The molecule has 1 fully saturated rings. The first kappa shape index (κ1) is 14.8. The Kier molecular flexibility index (Phi) is 5.24. The molecule has 0 unspecified atom stereocenters. The Labute approximate surface area is 129 Å². The zero-order valence-corrected chi connectivity index (χ0v) is 13.8. The number of hydrogen-bond acceptors (Lipinski definition) is 3. The molecule has 1 saturated carbocycles. The van der Waals surface area contributed by atoms with Crippen molar-refractivity contribution in [2.45, 2.75) is 25.4 Å². The van der Waals surface area contributed by atoms with E-state index in [0.717, 1.165) is 33.9 Å². The number of hydrogen-bond donors (Lipinski definition) is 2. The van der Waals surface area contributed by atoms with Gasteiger partial charge in [0.05, 0.1) is 8.95 Å². The van der Waals surface area contributed by atoms with Crippen LogP contribution in [0.2, 0.25) is 0 Å².